The lowest BCUT2D eigenvalue weighted by atomic mass is 9.59. The quantitative estimate of drug-likeness (QED) is 0.575. The summed E-state index contributed by atoms with van der Waals surface area (Å²) >= 11 is 0. The van der Waals surface area contributed by atoms with Gasteiger partial charge >= 0.3 is 6.18 Å². The highest BCUT2D eigenvalue weighted by Crippen LogP contribution is 2.52. The van der Waals surface area contributed by atoms with Crippen molar-refractivity contribution in [3.8, 4) is 0 Å². The van der Waals surface area contributed by atoms with Gasteiger partial charge < -0.3 is 0 Å². The first-order valence-electron chi connectivity index (χ1n) is 7.97. The van der Waals surface area contributed by atoms with Gasteiger partial charge in [-0.15, -0.1) is 0 Å². The highest BCUT2D eigenvalue weighted by Gasteiger charge is 2.61. The lowest BCUT2D eigenvalue weighted by molar-refractivity contribution is -0.143. The van der Waals surface area contributed by atoms with Gasteiger partial charge in [-0.25, -0.2) is 4.39 Å². The van der Waals surface area contributed by atoms with E-state index >= 15 is 0 Å². The van der Waals surface area contributed by atoms with Gasteiger partial charge in [0.15, 0.2) is 0 Å². The Morgan fingerprint density at radius 2 is 1.68 bits per heavy atom. The van der Waals surface area contributed by atoms with Gasteiger partial charge in [-0.1, -0.05) is 0 Å². The molecule has 25 heavy (non-hydrogen) atoms. The zero-order valence-electron chi connectivity index (χ0n) is 12.8. The number of carbonyl (C=O) groups is 3. The third-order valence-electron chi connectivity index (χ3n) is 5.58. The van der Waals surface area contributed by atoms with E-state index in [2.05, 4.69) is 0 Å². The van der Waals surface area contributed by atoms with Crippen LogP contribution < -0.4 is 4.90 Å². The first-order valence-corrected chi connectivity index (χ1v) is 7.97. The second-order valence-electron chi connectivity index (χ2n) is 6.84. The van der Waals surface area contributed by atoms with Crippen LogP contribution in [0.1, 0.15) is 24.8 Å². The minimum atomic E-state index is -4.94. The molecule has 5 rings (SSSR count). The minimum absolute atomic E-state index is 0.0596. The Bertz CT molecular complexity index is 804. The van der Waals surface area contributed by atoms with Gasteiger partial charge in [0.25, 0.3) is 0 Å². The van der Waals surface area contributed by atoms with Crippen LogP contribution in [0.3, 0.4) is 0 Å². The number of carbonyl (C=O) groups excluding carboxylic acids is 3. The van der Waals surface area contributed by atoms with Gasteiger partial charge in [-0.05, 0) is 37.0 Å². The van der Waals surface area contributed by atoms with Gasteiger partial charge in [0.1, 0.15) is 11.6 Å². The summed E-state index contributed by atoms with van der Waals surface area (Å²) in [6.07, 6.45) is -3.53. The molecule has 132 valence electrons. The zero-order chi connectivity index (χ0) is 18.1. The average Bonchev–Trinajstić information content (AvgIpc) is 2.81. The maximum atomic E-state index is 13.5. The van der Waals surface area contributed by atoms with E-state index in [0.29, 0.717) is 29.9 Å². The van der Waals surface area contributed by atoms with Crippen LogP contribution in [0, 0.1) is 29.5 Å². The topological polar surface area (TPSA) is 54.5 Å². The molecule has 3 saturated carbocycles. The summed E-state index contributed by atoms with van der Waals surface area (Å²) in [5.74, 6) is -5.02. The van der Waals surface area contributed by atoms with E-state index < -0.39 is 47.1 Å². The van der Waals surface area contributed by atoms with Crippen molar-refractivity contribution in [2.75, 3.05) is 4.90 Å². The highest BCUT2D eigenvalue weighted by molar-refractivity contribution is 6.23. The number of nitrogens with zero attached hydrogens (tertiary/aromatic N) is 1. The fourth-order valence-corrected chi connectivity index (χ4v) is 4.51. The molecule has 3 aliphatic carbocycles. The Morgan fingerprint density at radius 3 is 2.32 bits per heavy atom. The summed E-state index contributed by atoms with van der Waals surface area (Å²) < 4.78 is 52.2. The Kier molecular flexibility index (Phi) is 3.33. The summed E-state index contributed by atoms with van der Waals surface area (Å²) in [7, 11) is 0. The number of alkyl halides is 3. The average molecular weight is 355 g/mol. The molecule has 0 radical (unpaired) electrons. The van der Waals surface area contributed by atoms with Crippen LogP contribution in [0.5, 0.6) is 0 Å². The number of hydrogen-bond acceptors (Lipinski definition) is 3. The van der Waals surface area contributed by atoms with Gasteiger partial charge in [0.05, 0.1) is 23.1 Å². The lowest BCUT2D eigenvalue weighted by Gasteiger charge is -2.41. The second kappa shape index (κ2) is 5.12. The fourth-order valence-electron chi connectivity index (χ4n) is 4.51. The molecule has 0 aromatic heterocycles. The summed E-state index contributed by atoms with van der Waals surface area (Å²) in [6.45, 7) is 0. The van der Waals surface area contributed by atoms with E-state index in [1.54, 1.807) is 0 Å². The van der Waals surface area contributed by atoms with Crippen molar-refractivity contribution >= 4 is 23.3 Å². The van der Waals surface area contributed by atoms with Crippen LogP contribution in [-0.4, -0.2) is 17.6 Å². The molecule has 0 unspecified atom stereocenters. The van der Waals surface area contributed by atoms with E-state index in [1.165, 1.54) is 0 Å². The van der Waals surface area contributed by atoms with E-state index in [-0.39, 0.29) is 23.8 Å². The fraction of sp³-hybridized carbons (Fsp3) is 0.471. The zero-order valence-corrected chi connectivity index (χ0v) is 12.8. The molecule has 4 aliphatic rings. The summed E-state index contributed by atoms with van der Waals surface area (Å²) in [5, 5.41) is 0. The maximum absolute atomic E-state index is 13.5. The number of ketones is 1. The number of anilines is 1. The normalized spacial score (nSPS) is 31.7. The summed E-state index contributed by atoms with van der Waals surface area (Å²) in [6, 6.07) is 2.06. The van der Waals surface area contributed by atoms with E-state index in [0.717, 1.165) is 6.07 Å². The molecule has 4 atom stereocenters. The molecule has 1 saturated heterocycles. The highest BCUT2D eigenvalue weighted by atomic mass is 19.4. The number of halogens is 4. The maximum Gasteiger partial charge on any atom is 0.419 e. The van der Waals surface area contributed by atoms with E-state index in [9.17, 15) is 31.9 Å². The standard InChI is InChI=1S/C17H13F4NO3/c18-11-4-2-8(6-10(11)17(19,20)21)22-15(24)13-7-1-3-9(12(23)5-7)14(13)16(22)25/h2,4,6-7,9,13-14H,1,3,5H2/t7-,9+,13+,14-/m1/s1. The van der Waals surface area contributed by atoms with Gasteiger partial charge in [-0.2, -0.15) is 13.2 Å². The number of Topliss-reactive ketones (excluding diaryl/α,β-unsaturated/α-hetero) is 1. The van der Waals surface area contributed by atoms with Gasteiger partial charge in [0, 0.05) is 12.3 Å². The van der Waals surface area contributed by atoms with Crippen molar-refractivity contribution in [1.29, 1.82) is 0 Å². The lowest BCUT2D eigenvalue weighted by Crippen LogP contribution is -2.46. The molecule has 8 heteroatoms. The van der Waals surface area contributed by atoms with Crippen LogP contribution >= 0.6 is 0 Å². The molecule has 2 bridgehead atoms. The first kappa shape index (κ1) is 16.2. The number of imide groups is 1. The van der Waals surface area contributed by atoms with E-state index in [4.69, 9.17) is 0 Å². The van der Waals surface area contributed by atoms with Crippen LogP contribution in [0.25, 0.3) is 0 Å². The Balaban J connectivity index is 1.76. The van der Waals surface area contributed by atoms with Crippen molar-refractivity contribution in [3.05, 3.63) is 29.6 Å². The number of amides is 2. The van der Waals surface area contributed by atoms with Crippen LogP contribution in [-0.2, 0) is 20.6 Å². The largest absolute Gasteiger partial charge is 0.419 e. The van der Waals surface area contributed by atoms with Crippen molar-refractivity contribution in [2.45, 2.75) is 25.4 Å². The Morgan fingerprint density at radius 1 is 1.00 bits per heavy atom. The van der Waals surface area contributed by atoms with Crippen LogP contribution in [0.15, 0.2) is 18.2 Å². The third-order valence-corrected chi connectivity index (χ3v) is 5.58. The van der Waals surface area contributed by atoms with Crippen molar-refractivity contribution in [1.82, 2.24) is 0 Å². The molecular weight excluding hydrogens is 342 g/mol. The molecule has 4 nitrogen and oxygen atoms in total. The van der Waals surface area contributed by atoms with E-state index in [1.807, 2.05) is 0 Å². The Labute approximate surface area is 139 Å². The first-order chi connectivity index (χ1) is 11.7. The molecule has 0 N–H and O–H groups in total. The predicted molar refractivity (Wildman–Crippen MR) is 76.7 cm³/mol. The number of benzene rings is 1. The van der Waals surface area contributed by atoms with Crippen molar-refractivity contribution < 1.29 is 31.9 Å². The molecule has 1 heterocycles. The number of fused-ring (bicyclic) bond motifs is 2. The monoisotopic (exact) mass is 355 g/mol. The summed E-state index contributed by atoms with van der Waals surface area (Å²) in [5.41, 5.74) is -1.83. The molecule has 0 spiro atoms. The molecule has 2 amide bonds. The van der Waals surface area contributed by atoms with Gasteiger partial charge in [0.2, 0.25) is 11.8 Å². The molecule has 1 aromatic rings. The third kappa shape index (κ3) is 2.22. The van der Waals surface area contributed by atoms with Crippen LogP contribution in [0.2, 0.25) is 0 Å². The molecule has 4 fully saturated rings. The number of hydrogen-bond donors (Lipinski definition) is 0. The van der Waals surface area contributed by atoms with Crippen LogP contribution in [0.4, 0.5) is 23.2 Å². The smallest absolute Gasteiger partial charge is 0.299 e. The molecule has 1 aliphatic heterocycles. The minimum Gasteiger partial charge on any atom is -0.299 e. The molecular formula is C17H13F4NO3. The van der Waals surface area contributed by atoms with Gasteiger partial charge in [-0.3, -0.25) is 19.3 Å². The van der Waals surface area contributed by atoms with Crippen molar-refractivity contribution in [2.24, 2.45) is 23.7 Å². The van der Waals surface area contributed by atoms with Crippen molar-refractivity contribution in [3.63, 3.8) is 0 Å². The summed E-state index contributed by atoms with van der Waals surface area (Å²) in [4.78, 5) is 38.2. The second-order valence-corrected chi connectivity index (χ2v) is 6.84. The SMILES string of the molecule is O=C1C[C@H]2CC[C@@H]1[C@H]1C(=O)N(c3ccc(F)c(C(F)(F)F)c3)C(=O)[C@@H]21. The molecule has 1 aromatic carbocycles. The Hall–Kier alpha value is -2.25. The predicted octanol–water partition coefficient (Wildman–Crippen LogP) is 2.95. The number of rotatable bonds is 1.